The molecule has 0 saturated heterocycles. The van der Waals surface area contributed by atoms with Crippen LogP contribution >= 0.6 is 0 Å². The third-order valence-electron chi connectivity index (χ3n) is 21.4. The number of benzene rings is 16. The lowest BCUT2D eigenvalue weighted by atomic mass is 9.33. The van der Waals surface area contributed by atoms with E-state index in [0.29, 0.717) is 28.6 Å². The van der Waals surface area contributed by atoms with Gasteiger partial charge in [-0.1, -0.05) is 291 Å². The van der Waals surface area contributed by atoms with E-state index in [9.17, 15) is 5.26 Å². The van der Waals surface area contributed by atoms with E-state index in [1.54, 1.807) is 0 Å². The van der Waals surface area contributed by atoms with Crippen molar-refractivity contribution in [1.29, 1.82) is 5.26 Å². The summed E-state index contributed by atoms with van der Waals surface area (Å²) in [6.07, 6.45) is 0. The minimum absolute atomic E-state index is 0.216. The summed E-state index contributed by atoms with van der Waals surface area (Å²) in [5, 5.41) is 12.8. The molecule has 0 spiro atoms. The van der Waals surface area contributed by atoms with Crippen molar-refractivity contribution in [1.82, 2.24) is 19.5 Å². The van der Waals surface area contributed by atoms with Gasteiger partial charge in [-0.15, -0.1) is 0 Å². The lowest BCUT2D eigenvalue weighted by Crippen LogP contribution is -2.61. The van der Waals surface area contributed by atoms with Gasteiger partial charge in [0.1, 0.15) is 0 Å². The molecule has 0 unspecified atom stereocenters. The second kappa shape index (κ2) is 26.6. The molecule has 18 aromatic rings. The van der Waals surface area contributed by atoms with Gasteiger partial charge in [0.2, 0.25) is 0 Å². The van der Waals surface area contributed by atoms with Gasteiger partial charge in [0.25, 0.3) is 6.71 Å². The fraction of sp³-hybridized carbons (Fsp3) is 0. The average molecular weight is 1370 g/mol. The SMILES string of the molecule is N#Cc1ccc(-n2c3ccccc3c3cc(-c4cc5c6c(c4)N(c4cc(-c7ccccc7)cc(-c7ccccc7)c4)c4cc(-c7ccccc7)ccc4B6c4ccc(-c6ccccc6)cc4N5c4cc(-c5ccccc5)cc(-c5ccccc5)c4)ccc32)c(-c2nc(-c3ccccc3)nc(-c3ccccc3)n2)c1. The lowest BCUT2D eigenvalue weighted by Gasteiger charge is -2.45. The molecular formula is C100H64BN7. The first kappa shape index (κ1) is 63.2. The molecule has 2 aliphatic rings. The number of hydrogen-bond donors (Lipinski definition) is 0. The molecule has 16 aromatic carbocycles. The Morgan fingerprint density at radius 2 is 0.583 bits per heavy atom. The van der Waals surface area contributed by atoms with Crippen molar-refractivity contribution in [2.24, 2.45) is 0 Å². The van der Waals surface area contributed by atoms with Gasteiger partial charge < -0.3 is 14.4 Å². The third kappa shape index (κ3) is 11.2. The van der Waals surface area contributed by atoms with Gasteiger partial charge in [0, 0.05) is 61.6 Å². The number of para-hydroxylation sites is 1. The van der Waals surface area contributed by atoms with Gasteiger partial charge >= 0.3 is 0 Å². The maximum absolute atomic E-state index is 10.7. The molecule has 0 fully saturated rings. The Morgan fingerprint density at radius 1 is 0.241 bits per heavy atom. The highest BCUT2D eigenvalue weighted by atomic mass is 15.2. The molecule has 7 nitrogen and oxygen atoms in total. The maximum Gasteiger partial charge on any atom is 0.252 e. The van der Waals surface area contributed by atoms with Crippen LogP contribution in [0.3, 0.4) is 0 Å². The second-order valence-electron chi connectivity index (χ2n) is 27.8. The molecule has 4 heterocycles. The van der Waals surface area contributed by atoms with Crippen molar-refractivity contribution in [3.05, 3.63) is 394 Å². The van der Waals surface area contributed by atoms with Crippen molar-refractivity contribution in [2.75, 3.05) is 9.80 Å². The number of nitriles is 1. The van der Waals surface area contributed by atoms with Crippen LogP contribution in [0.15, 0.2) is 388 Å². The van der Waals surface area contributed by atoms with Crippen molar-refractivity contribution < 1.29 is 0 Å². The molecule has 8 heteroatoms. The Labute approximate surface area is 627 Å². The molecule has 0 N–H and O–H groups in total. The van der Waals surface area contributed by atoms with Crippen LogP contribution in [0.5, 0.6) is 0 Å². The number of hydrogen-bond acceptors (Lipinski definition) is 6. The fourth-order valence-electron chi connectivity index (χ4n) is 16.3. The minimum atomic E-state index is -0.216. The van der Waals surface area contributed by atoms with E-state index in [1.807, 2.05) is 78.9 Å². The monoisotopic (exact) mass is 1370 g/mol. The molecule has 502 valence electrons. The maximum atomic E-state index is 10.7. The van der Waals surface area contributed by atoms with E-state index in [2.05, 4.69) is 330 Å². The summed E-state index contributed by atoms with van der Waals surface area (Å²) in [7, 11) is 0. The Hall–Kier alpha value is -14.5. The van der Waals surface area contributed by atoms with Gasteiger partial charge in [0.15, 0.2) is 17.5 Å². The van der Waals surface area contributed by atoms with Crippen molar-refractivity contribution in [3.8, 4) is 124 Å². The molecule has 108 heavy (non-hydrogen) atoms. The minimum Gasteiger partial charge on any atom is -0.311 e. The standard InChI is InChI=1S/C100H64BN7/c102-65-66-45-51-92(87(53-66)100-104-98(73-39-21-7-22-40-73)103-99(105-100)74-41-23-8-24-42-74)108-90-44-26-25-43-85(90)86-60-75(48-52-91(86)108)82-63-95-97-96(64-82)107(84-58-80(71-35-17-5-18-36-71)55-81(59-84)72-37-19-6-20-38-72)94-62-77(68-29-11-2-12-30-68)47-50-89(94)101(97)88-49-46-76(67-27-9-1-10-28-67)61-93(88)106(95)83-56-78(69-31-13-3-14-32-69)54-79(57-83)70-33-15-4-16-34-70/h1-64H. The summed E-state index contributed by atoms with van der Waals surface area (Å²) in [6, 6.07) is 143. The normalized spacial score (nSPS) is 12.0. The molecule has 2 aliphatic heterocycles. The molecule has 0 aliphatic carbocycles. The van der Waals surface area contributed by atoms with E-state index in [-0.39, 0.29) is 6.71 Å². The average Bonchev–Trinajstić information content (AvgIpc) is 0.779. The van der Waals surface area contributed by atoms with Crippen LogP contribution in [0.25, 0.3) is 140 Å². The molecule has 0 amide bonds. The van der Waals surface area contributed by atoms with Crippen LogP contribution in [-0.2, 0) is 0 Å². The second-order valence-corrected chi connectivity index (χ2v) is 27.8. The first-order valence-corrected chi connectivity index (χ1v) is 36.6. The lowest BCUT2D eigenvalue weighted by molar-refractivity contribution is 1.06. The zero-order valence-electron chi connectivity index (χ0n) is 58.7. The Morgan fingerprint density at radius 3 is 1.01 bits per heavy atom. The topological polar surface area (TPSA) is 73.9 Å². The smallest absolute Gasteiger partial charge is 0.252 e. The van der Waals surface area contributed by atoms with Crippen LogP contribution in [0.4, 0.5) is 34.1 Å². The Kier molecular flexibility index (Phi) is 15.6. The van der Waals surface area contributed by atoms with E-state index in [1.165, 1.54) is 16.4 Å². The van der Waals surface area contributed by atoms with Crippen LogP contribution in [0.2, 0.25) is 0 Å². The summed E-state index contributed by atoms with van der Waals surface area (Å²) < 4.78 is 2.32. The van der Waals surface area contributed by atoms with E-state index in [4.69, 9.17) is 15.0 Å². The molecule has 0 atom stereocenters. The molecule has 0 bridgehead atoms. The summed E-state index contributed by atoms with van der Waals surface area (Å²) in [5.41, 5.74) is 31.3. The Balaban J connectivity index is 0.879. The quantitative estimate of drug-likeness (QED) is 0.107. The van der Waals surface area contributed by atoms with Crippen molar-refractivity contribution in [3.63, 3.8) is 0 Å². The summed E-state index contributed by atoms with van der Waals surface area (Å²) in [6.45, 7) is -0.216. The zero-order valence-corrected chi connectivity index (χ0v) is 58.7. The summed E-state index contributed by atoms with van der Waals surface area (Å²) in [4.78, 5) is 20.8. The third-order valence-corrected chi connectivity index (χ3v) is 21.4. The molecule has 0 saturated carbocycles. The summed E-state index contributed by atoms with van der Waals surface area (Å²) >= 11 is 0. The predicted molar refractivity (Wildman–Crippen MR) is 447 cm³/mol. The fourth-order valence-corrected chi connectivity index (χ4v) is 16.3. The number of rotatable bonds is 13. The van der Waals surface area contributed by atoms with E-state index in [0.717, 1.165) is 151 Å². The van der Waals surface area contributed by atoms with Crippen molar-refractivity contribution >= 4 is 79.0 Å². The van der Waals surface area contributed by atoms with Gasteiger partial charge in [-0.3, -0.25) is 0 Å². The van der Waals surface area contributed by atoms with Gasteiger partial charge in [-0.05, 0) is 191 Å². The Bertz CT molecular complexity index is 6130. The van der Waals surface area contributed by atoms with Crippen LogP contribution in [-0.4, -0.2) is 26.2 Å². The molecule has 2 aromatic heterocycles. The zero-order chi connectivity index (χ0) is 71.6. The molecular weight excluding hydrogens is 1310 g/mol. The molecule has 20 rings (SSSR count). The number of fused-ring (bicyclic) bond motifs is 7. The summed E-state index contributed by atoms with van der Waals surface area (Å²) in [5.74, 6) is 1.53. The largest absolute Gasteiger partial charge is 0.311 e. The van der Waals surface area contributed by atoms with Gasteiger partial charge in [-0.25, -0.2) is 15.0 Å². The van der Waals surface area contributed by atoms with E-state index >= 15 is 0 Å². The van der Waals surface area contributed by atoms with Gasteiger partial charge in [-0.2, -0.15) is 5.26 Å². The number of anilines is 6. The van der Waals surface area contributed by atoms with E-state index < -0.39 is 0 Å². The highest BCUT2D eigenvalue weighted by Crippen LogP contribution is 2.51. The van der Waals surface area contributed by atoms with Crippen LogP contribution < -0.4 is 26.2 Å². The molecule has 0 radical (unpaired) electrons. The first-order chi connectivity index (χ1) is 53.5. The van der Waals surface area contributed by atoms with Gasteiger partial charge in [0.05, 0.1) is 28.4 Å². The first-order valence-electron chi connectivity index (χ1n) is 36.6. The predicted octanol–water partition coefficient (Wildman–Crippen LogP) is 23.6. The number of aromatic nitrogens is 4. The van der Waals surface area contributed by atoms with Crippen LogP contribution in [0.1, 0.15) is 5.56 Å². The van der Waals surface area contributed by atoms with Crippen molar-refractivity contribution in [2.45, 2.75) is 0 Å². The number of nitrogens with zero attached hydrogens (tertiary/aromatic N) is 7. The highest BCUT2D eigenvalue weighted by molar-refractivity contribution is 7.00. The highest BCUT2D eigenvalue weighted by Gasteiger charge is 2.44. The van der Waals surface area contributed by atoms with Crippen LogP contribution in [0, 0.1) is 11.3 Å².